The summed E-state index contributed by atoms with van der Waals surface area (Å²) < 4.78 is 129. The Bertz CT molecular complexity index is 1640. The first kappa shape index (κ1) is 35.6. The average molecular weight is 876 g/mol. The van der Waals surface area contributed by atoms with Crippen molar-refractivity contribution in [1.29, 1.82) is 0 Å². The van der Waals surface area contributed by atoms with Gasteiger partial charge in [0, 0.05) is 16.4 Å². The predicted molar refractivity (Wildman–Crippen MR) is 261 cm³/mol. The summed E-state index contributed by atoms with van der Waals surface area (Å²) in [6.07, 6.45) is 13.7. The molecule has 0 heterocycles. The van der Waals surface area contributed by atoms with Crippen LogP contribution in [-0.4, -0.2) is 56.7 Å². The van der Waals surface area contributed by atoms with Crippen LogP contribution in [0.25, 0.3) is 0 Å². The van der Waals surface area contributed by atoms with Crippen molar-refractivity contribution in [3.63, 3.8) is 0 Å². The van der Waals surface area contributed by atoms with Gasteiger partial charge in [-0.3, -0.25) is 0 Å². The molecule has 3 rings (SSSR count). The molecule has 0 radical (unpaired) electrons. The maximum absolute atomic E-state index is 8.56. The maximum atomic E-state index is 8.56. The van der Waals surface area contributed by atoms with E-state index in [4.69, 9.17) is 34.2 Å². The first-order chi connectivity index (χ1) is 30.5. The minimum Gasteiger partial charge on any atom is -0.414 e. The lowest BCUT2D eigenvalue weighted by molar-refractivity contribution is 0.0587. The van der Waals surface area contributed by atoms with E-state index in [1.54, 1.807) is 0 Å². The Morgan fingerprint density at radius 3 is 1.56 bits per heavy atom. The third kappa shape index (κ3) is 15.5. The van der Waals surface area contributed by atoms with E-state index in [1.165, 1.54) is 11.1 Å². The van der Waals surface area contributed by atoms with E-state index in [0.717, 1.165) is 51.4 Å². The van der Waals surface area contributed by atoms with E-state index < -0.39 is 71.9 Å². The first-order valence-electron chi connectivity index (χ1n) is 28.7. The molecule has 334 valence electrons. The Morgan fingerprint density at radius 1 is 0.702 bits per heavy atom. The zero-order chi connectivity index (χ0) is 53.7. The number of hydrogen-bond donors (Lipinski definition) is 0. The van der Waals surface area contributed by atoms with Crippen molar-refractivity contribution in [2.75, 3.05) is 0 Å². The van der Waals surface area contributed by atoms with Gasteiger partial charge in [0.05, 0.1) is 23.4 Å². The summed E-state index contributed by atoms with van der Waals surface area (Å²) in [5.41, 5.74) is -2.00. The van der Waals surface area contributed by atoms with Crippen molar-refractivity contribution in [2.45, 2.75) is 265 Å². The second kappa shape index (κ2) is 18.9. The van der Waals surface area contributed by atoms with E-state index >= 15 is 0 Å². The molecule has 0 spiro atoms. The Labute approximate surface area is 377 Å². The van der Waals surface area contributed by atoms with Crippen LogP contribution in [0.3, 0.4) is 0 Å². The second-order valence-electron chi connectivity index (χ2n) is 23.9. The highest BCUT2D eigenvalue weighted by molar-refractivity contribution is 6.74. The molecule has 0 aromatic heterocycles. The lowest BCUT2D eigenvalue weighted by atomic mass is 9.60. The molecule has 0 saturated heterocycles. The number of rotatable bonds is 18. The third-order valence-electron chi connectivity index (χ3n) is 14.3. The van der Waals surface area contributed by atoms with E-state index in [0.29, 0.717) is 18.8 Å². The summed E-state index contributed by atoms with van der Waals surface area (Å²) in [6, 6.07) is 0. The quantitative estimate of drug-likeness (QED) is 0.129. The van der Waals surface area contributed by atoms with Crippen LogP contribution >= 0.6 is 0 Å². The number of hydrogen-bond acceptors (Lipinski definition) is 4. The van der Waals surface area contributed by atoms with Gasteiger partial charge in [0.15, 0.2) is 33.3 Å². The van der Waals surface area contributed by atoms with E-state index in [2.05, 4.69) is 86.8 Å². The molecule has 5 atom stereocenters. The van der Waals surface area contributed by atoms with Crippen molar-refractivity contribution in [3.05, 3.63) is 23.3 Å². The monoisotopic (exact) mass is 875 g/mol. The topological polar surface area (TPSA) is 36.9 Å². The van der Waals surface area contributed by atoms with Crippen LogP contribution in [0, 0.1) is 23.2 Å². The summed E-state index contributed by atoms with van der Waals surface area (Å²) in [7, 11) is -9.47. The molecule has 0 bridgehead atoms. The molecular weight excluding hydrogens is 765 g/mol. The SMILES string of the molecule is [2H]C([2H])([2H])C(CCCC(CCCC(O[Si](C)(C)C)(C([2H])([2H])[2H])C([2H])([2H])[2H])[C@H]1CC[C@H]2/C(=C/C=C3C[C@@H](O[Si](C)(C)C(C)(C)C)C[C@H](O[Si](C)(C)C(C)(C)C)C3)CCC[C@]12C)(O[Si](C)(C)C)C([2H])([2H])[2H]. The highest BCUT2D eigenvalue weighted by Gasteiger charge is 2.51. The smallest absolute Gasteiger partial charge is 0.192 e. The van der Waals surface area contributed by atoms with Gasteiger partial charge in [-0.05, 0) is 190 Å². The molecule has 57 heavy (non-hydrogen) atoms. The first-order valence-corrected chi connectivity index (χ1v) is 35.3. The maximum Gasteiger partial charge on any atom is 0.192 e. The fraction of sp³-hybridized carbons (Fsp3) is 0.918. The van der Waals surface area contributed by atoms with Crippen LogP contribution in [0.15, 0.2) is 23.3 Å². The van der Waals surface area contributed by atoms with Gasteiger partial charge in [-0.2, -0.15) is 0 Å². The van der Waals surface area contributed by atoms with Gasteiger partial charge in [-0.1, -0.05) is 97.4 Å². The molecule has 3 fully saturated rings. The summed E-state index contributed by atoms with van der Waals surface area (Å²) in [5.74, 6) is 0.419. The third-order valence-corrected chi connectivity index (χ3v) is 25.3. The fourth-order valence-corrected chi connectivity index (χ4v) is 14.9. The fourth-order valence-electron chi connectivity index (χ4n) is 9.83. The molecule has 0 N–H and O–H groups in total. The molecule has 8 heteroatoms. The highest BCUT2D eigenvalue weighted by Crippen LogP contribution is 2.61. The van der Waals surface area contributed by atoms with Gasteiger partial charge < -0.3 is 17.7 Å². The zero-order valence-corrected chi connectivity index (χ0v) is 44.1. The van der Waals surface area contributed by atoms with Crippen LogP contribution in [0.2, 0.25) is 75.5 Å². The highest BCUT2D eigenvalue weighted by atomic mass is 28.4. The van der Waals surface area contributed by atoms with Gasteiger partial charge in [0.25, 0.3) is 0 Å². The van der Waals surface area contributed by atoms with Crippen LogP contribution in [-0.2, 0) is 17.7 Å². The molecule has 4 nitrogen and oxygen atoms in total. The molecular formula is C49H98O4Si4. The Morgan fingerprint density at radius 2 is 1.16 bits per heavy atom. The van der Waals surface area contributed by atoms with E-state index in [9.17, 15) is 0 Å². The lowest BCUT2D eigenvalue weighted by Crippen LogP contribution is -2.48. The van der Waals surface area contributed by atoms with Crippen molar-refractivity contribution in [3.8, 4) is 0 Å². The van der Waals surface area contributed by atoms with Crippen LogP contribution in [0.1, 0.15) is 182 Å². The van der Waals surface area contributed by atoms with Gasteiger partial charge in [0.1, 0.15) is 0 Å². The lowest BCUT2D eigenvalue weighted by Gasteiger charge is -2.46. The van der Waals surface area contributed by atoms with Gasteiger partial charge in [-0.25, -0.2) is 0 Å². The molecule has 0 unspecified atom stereocenters. The Balaban J connectivity index is 2.09. The molecule has 0 amide bonds. The number of fused-ring (bicyclic) bond motifs is 1. The minimum absolute atomic E-state index is 0.0481. The normalized spacial score (nSPS) is 31.1. The van der Waals surface area contributed by atoms with Crippen LogP contribution in [0.5, 0.6) is 0 Å². The van der Waals surface area contributed by atoms with E-state index in [1.807, 2.05) is 39.3 Å². The van der Waals surface area contributed by atoms with Gasteiger partial charge in [-0.15, -0.1) is 0 Å². The molecule has 0 aromatic carbocycles. The Kier molecular flexibility index (Phi) is 11.8. The second-order valence-corrected chi connectivity index (χ2v) is 42.3. The van der Waals surface area contributed by atoms with Crippen molar-refractivity contribution in [1.82, 2.24) is 0 Å². The summed E-state index contributed by atoms with van der Waals surface area (Å²) >= 11 is 0. The standard InChI is InChI=1S/C49H98O4Si4/c1-45(2,3)56(18,19)50-41-35-38(36-42(37-41)51-57(20,21)46(4,5)6)28-29-40-27-24-34-49(11)43(30-31-44(40)49)39(25-22-32-47(7,8)52-54(12,13)14)26-23-33-48(9,10)53-55(15,16)17/h28-29,39,41-44H,22-27,30-37H2,1-21H3/b40-29+/t41-,42-,43-,44+,49-/m1/s1/i7D3,8D3,9D3,10D3. The Hall–Kier alpha value is 0.188. The predicted octanol–water partition coefficient (Wildman–Crippen LogP) is 16.2. The molecule has 0 aromatic rings. The molecule has 3 saturated carbocycles. The largest absolute Gasteiger partial charge is 0.414 e. The molecule has 0 aliphatic heterocycles. The summed E-state index contributed by atoms with van der Waals surface area (Å²) in [5, 5.41) is 0.169. The average Bonchev–Trinajstić information content (AvgIpc) is 3.45. The summed E-state index contributed by atoms with van der Waals surface area (Å²) in [4.78, 5) is 0. The van der Waals surface area contributed by atoms with E-state index in [-0.39, 0.29) is 65.2 Å². The van der Waals surface area contributed by atoms with Gasteiger partial charge in [0.2, 0.25) is 0 Å². The van der Waals surface area contributed by atoms with Crippen molar-refractivity contribution < 1.29 is 34.2 Å². The number of allylic oxidation sites excluding steroid dienone is 3. The van der Waals surface area contributed by atoms with Gasteiger partial charge >= 0.3 is 0 Å². The van der Waals surface area contributed by atoms with Crippen molar-refractivity contribution in [2.24, 2.45) is 23.2 Å². The zero-order valence-electron chi connectivity index (χ0n) is 52.1. The minimum atomic E-state index is -2.91. The van der Waals surface area contributed by atoms with Crippen molar-refractivity contribution >= 4 is 33.3 Å². The van der Waals surface area contributed by atoms with Crippen LogP contribution in [0.4, 0.5) is 0 Å². The van der Waals surface area contributed by atoms with Crippen LogP contribution < -0.4 is 0 Å². The summed E-state index contributed by atoms with van der Waals surface area (Å²) in [6.45, 7) is 24.7. The molecule has 3 aliphatic rings. The molecule has 3 aliphatic carbocycles.